The Kier molecular flexibility index (Phi) is 6.75. The van der Waals surface area contributed by atoms with Crippen molar-refractivity contribution in [2.24, 2.45) is 0 Å². The fraction of sp³-hybridized carbons (Fsp3) is 0.450. The van der Waals surface area contributed by atoms with Gasteiger partial charge < -0.3 is 9.64 Å². The van der Waals surface area contributed by atoms with Crippen LogP contribution in [0.4, 0.5) is 0 Å². The minimum Gasteiger partial charge on any atom is -0.366 e. The van der Waals surface area contributed by atoms with Crippen molar-refractivity contribution in [2.45, 2.75) is 32.8 Å². The maximum absolute atomic E-state index is 6.31. The average Bonchev–Trinajstić information content (AvgIpc) is 2.58. The van der Waals surface area contributed by atoms with Crippen LogP contribution in [0.1, 0.15) is 42.3 Å². The topological polar surface area (TPSA) is 25.4 Å². The van der Waals surface area contributed by atoms with Gasteiger partial charge in [-0.2, -0.15) is 0 Å². The molecule has 3 nitrogen and oxygen atoms in total. The largest absolute Gasteiger partial charge is 0.366 e. The maximum Gasteiger partial charge on any atom is 0.125 e. The van der Waals surface area contributed by atoms with E-state index >= 15 is 0 Å². The second-order valence-corrected chi connectivity index (χ2v) is 6.01. The van der Waals surface area contributed by atoms with E-state index in [2.05, 4.69) is 62.1 Å². The van der Waals surface area contributed by atoms with Crippen LogP contribution in [0.2, 0.25) is 0 Å². The number of ether oxygens (including phenoxy) is 1. The molecule has 124 valence electrons. The molecule has 1 aromatic carbocycles. The van der Waals surface area contributed by atoms with Crippen molar-refractivity contribution < 1.29 is 4.74 Å². The van der Waals surface area contributed by atoms with Crippen molar-refractivity contribution in [1.82, 2.24) is 9.88 Å². The maximum atomic E-state index is 6.31. The number of pyridine rings is 1. The number of nitrogens with zero attached hydrogens (tertiary/aromatic N) is 2. The molecule has 2 aromatic rings. The fourth-order valence-electron chi connectivity index (χ4n) is 2.82. The van der Waals surface area contributed by atoms with Gasteiger partial charge >= 0.3 is 0 Å². The van der Waals surface area contributed by atoms with Crippen molar-refractivity contribution in [3.8, 4) is 0 Å². The molecule has 0 N–H and O–H groups in total. The van der Waals surface area contributed by atoms with Crippen molar-refractivity contribution in [2.75, 3.05) is 27.2 Å². The molecule has 0 unspecified atom stereocenters. The quantitative estimate of drug-likeness (QED) is 0.740. The van der Waals surface area contributed by atoms with E-state index in [0.29, 0.717) is 6.61 Å². The third-order valence-electron chi connectivity index (χ3n) is 4.09. The molecular weight excluding hydrogens is 284 g/mol. The van der Waals surface area contributed by atoms with Crippen LogP contribution in [-0.4, -0.2) is 37.1 Å². The number of hydrogen-bond acceptors (Lipinski definition) is 3. The highest BCUT2D eigenvalue weighted by atomic mass is 16.5. The second-order valence-electron chi connectivity index (χ2n) is 6.01. The monoisotopic (exact) mass is 312 g/mol. The first-order valence-corrected chi connectivity index (χ1v) is 8.45. The molecule has 0 aliphatic carbocycles. The zero-order chi connectivity index (χ0) is 16.7. The molecule has 0 bridgehead atoms. The van der Waals surface area contributed by atoms with E-state index in [0.717, 1.165) is 25.1 Å². The standard InChI is InChI=1S/C20H28N2O/c1-5-16-10-9-11-17(6-2)19(16)20(23-15-14-22(3)4)18-12-7-8-13-21-18/h7-13,20H,5-6,14-15H2,1-4H3/t20-/m0/s1. The molecule has 0 saturated heterocycles. The third-order valence-corrected chi connectivity index (χ3v) is 4.09. The van der Waals surface area contributed by atoms with Gasteiger partial charge in [0.2, 0.25) is 0 Å². The zero-order valence-electron chi connectivity index (χ0n) is 14.7. The molecular formula is C20H28N2O. The Morgan fingerprint density at radius 2 is 1.70 bits per heavy atom. The highest BCUT2D eigenvalue weighted by Gasteiger charge is 2.21. The van der Waals surface area contributed by atoms with Crippen LogP contribution in [0.3, 0.4) is 0 Å². The van der Waals surface area contributed by atoms with Gasteiger partial charge in [0, 0.05) is 12.7 Å². The molecule has 2 rings (SSSR count). The molecule has 0 aliphatic rings. The van der Waals surface area contributed by atoms with Crippen LogP contribution in [-0.2, 0) is 17.6 Å². The van der Waals surface area contributed by atoms with Gasteiger partial charge in [0.25, 0.3) is 0 Å². The van der Waals surface area contributed by atoms with E-state index in [1.54, 1.807) is 0 Å². The SMILES string of the molecule is CCc1cccc(CC)c1[C@@H](OCCN(C)C)c1ccccn1. The van der Waals surface area contributed by atoms with Crippen LogP contribution < -0.4 is 0 Å². The summed E-state index contributed by atoms with van der Waals surface area (Å²) in [6.45, 7) is 6.00. The summed E-state index contributed by atoms with van der Waals surface area (Å²) in [7, 11) is 4.13. The van der Waals surface area contributed by atoms with Gasteiger partial charge in [0.15, 0.2) is 0 Å². The average molecular weight is 312 g/mol. The molecule has 1 heterocycles. The van der Waals surface area contributed by atoms with E-state index in [1.165, 1.54) is 16.7 Å². The minimum atomic E-state index is -0.0951. The molecule has 3 heteroatoms. The smallest absolute Gasteiger partial charge is 0.125 e. The lowest BCUT2D eigenvalue weighted by Gasteiger charge is -2.24. The first-order chi connectivity index (χ1) is 11.2. The number of benzene rings is 1. The molecule has 23 heavy (non-hydrogen) atoms. The first-order valence-electron chi connectivity index (χ1n) is 8.45. The summed E-state index contributed by atoms with van der Waals surface area (Å²) >= 11 is 0. The summed E-state index contributed by atoms with van der Waals surface area (Å²) in [5, 5.41) is 0. The number of likely N-dealkylation sites (N-methyl/N-ethyl adjacent to an activating group) is 1. The molecule has 0 spiro atoms. The highest BCUT2D eigenvalue weighted by Crippen LogP contribution is 2.31. The van der Waals surface area contributed by atoms with Crippen molar-refractivity contribution in [1.29, 1.82) is 0 Å². The van der Waals surface area contributed by atoms with E-state index < -0.39 is 0 Å². The molecule has 1 atom stereocenters. The van der Waals surface area contributed by atoms with E-state index in [-0.39, 0.29) is 6.10 Å². The Hall–Kier alpha value is -1.71. The Balaban J connectivity index is 2.41. The van der Waals surface area contributed by atoms with Gasteiger partial charge in [-0.25, -0.2) is 0 Å². The number of aryl methyl sites for hydroxylation is 2. The number of rotatable bonds is 8. The van der Waals surface area contributed by atoms with Gasteiger partial charge in [-0.05, 0) is 55.8 Å². The summed E-state index contributed by atoms with van der Waals surface area (Å²) in [4.78, 5) is 6.71. The summed E-state index contributed by atoms with van der Waals surface area (Å²) in [5.74, 6) is 0. The summed E-state index contributed by atoms with van der Waals surface area (Å²) < 4.78 is 6.31. The Bertz CT molecular complexity index is 574. The Labute approximate surface area is 140 Å². The summed E-state index contributed by atoms with van der Waals surface area (Å²) in [5.41, 5.74) is 4.99. The van der Waals surface area contributed by atoms with Gasteiger partial charge in [0.1, 0.15) is 6.10 Å². The fourth-order valence-corrected chi connectivity index (χ4v) is 2.82. The lowest BCUT2D eigenvalue weighted by molar-refractivity contribution is 0.0652. The second kappa shape index (κ2) is 8.80. The normalized spacial score (nSPS) is 12.6. The van der Waals surface area contributed by atoms with Gasteiger partial charge in [-0.3, -0.25) is 4.98 Å². The molecule has 0 saturated carbocycles. The van der Waals surface area contributed by atoms with Crippen LogP contribution >= 0.6 is 0 Å². The molecule has 0 amide bonds. The summed E-state index contributed by atoms with van der Waals surface area (Å²) in [6.07, 6.45) is 3.76. The van der Waals surface area contributed by atoms with Crippen LogP contribution in [0.25, 0.3) is 0 Å². The van der Waals surface area contributed by atoms with Gasteiger partial charge in [-0.1, -0.05) is 38.1 Å². The van der Waals surface area contributed by atoms with Crippen LogP contribution in [0.15, 0.2) is 42.6 Å². The lowest BCUT2D eigenvalue weighted by atomic mass is 9.91. The minimum absolute atomic E-state index is 0.0951. The van der Waals surface area contributed by atoms with E-state index in [9.17, 15) is 0 Å². The van der Waals surface area contributed by atoms with E-state index in [1.807, 2.05) is 18.3 Å². The van der Waals surface area contributed by atoms with Gasteiger partial charge in [0.05, 0.1) is 12.3 Å². The van der Waals surface area contributed by atoms with Crippen molar-refractivity contribution >= 4 is 0 Å². The van der Waals surface area contributed by atoms with Crippen molar-refractivity contribution in [3.05, 3.63) is 65.0 Å². The molecule has 0 aliphatic heterocycles. The summed E-state index contributed by atoms with van der Waals surface area (Å²) in [6, 6.07) is 12.6. The zero-order valence-corrected chi connectivity index (χ0v) is 14.7. The predicted molar refractivity (Wildman–Crippen MR) is 95.8 cm³/mol. The molecule has 0 radical (unpaired) electrons. The van der Waals surface area contributed by atoms with Crippen LogP contribution in [0.5, 0.6) is 0 Å². The predicted octanol–water partition coefficient (Wildman–Crippen LogP) is 3.87. The van der Waals surface area contributed by atoms with E-state index in [4.69, 9.17) is 4.74 Å². The van der Waals surface area contributed by atoms with Crippen LogP contribution in [0, 0.1) is 0 Å². The molecule has 0 fully saturated rings. The van der Waals surface area contributed by atoms with Crippen molar-refractivity contribution in [3.63, 3.8) is 0 Å². The van der Waals surface area contributed by atoms with Gasteiger partial charge in [-0.15, -0.1) is 0 Å². The Morgan fingerprint density at radius 3 is 2.22 bits per heavy atom. The third kappa shape index (κ3) is 4.63. The highest BCUT2D eigenvalue weighted by molar-refractivity contribution is 5.40. The molecule has 1 aromatic heterocycles. The first kappa shape index (κ1) is 17.6. The number of hydrogen-bond donors (Lipinski definition) is 0. The Morgan fingerprint density at radius 1 is 1.00 bits per heavy atom. The lowest BCUT2D eigenvalue weighted by Crippen LogP contribution is -2.21. The number of aromatic nitrogens is 1.